The van der Waals surface area contributed by atoms with Gasteiger partial charge in [-0.3, -0.25) is 10.1 Å². The first kappa shape index (κ1) is 15.2. The lowest BCUT2D eigenvalue weighted by Gasteiger charge is -2.02. The molecular weight excluding hydrogens is 292 g/mol. The van der Waals surface area contributed by atoms with Gasteiger partial charge >= 0.3 is 5.97 Å². The van der Waals surface area contributed by atoms with Crippen molar-refractivity contribution in [3.8, 4) is 0 Å². The smallest absolute Gasteiger partial charge is 0.362 e. The zero-order chi connectivity index (χ0) is 15.4. The van der Waals surface area contributed by atoms with Gasteiger partial charge in [0.05, 0.1) is 11.5 Å². The molecule has 0 unspecified atom stereocenters. The fraction of sp³-hybridized carbons (Fsp3) is 0.357. The van der Waals surface area contributed by atoms with E-state index in [9.17, 15) is 9.59 Å². The van der Waals surface area contributed by atoms with Crippen LogP contribution in [-0.4, -0.2) is 23.5 Å². The van der Waals surface area contributed by atoms with Gasteiger partial charge in [-0.25, -0.2) is 9.78 Å². The molecule has 0 aliphatic rings. The Labute approximate surface area is 126 Å². The van der Waals surface area contributed by atoms with Crippen LogP contribution < -0.4 is 5.32 Å². The van der Waals surface area contributed by atoms with E-state index in [4.69, 9.17) is 9.15 Å². The van der Waals surface area contributed by atoms with Crippen molar-refractivity contribution >= 4 is 29.1 Å². The number of anilines is 1. The molecule has 7 heteroatoms. The summed E-state index contributed by atoms with van der Waals surface area (Å²) in [6.07, 6.45) is 0.514. The van der Waals surface area contributed by atoms with E-state index in [0.29, 0.717) is 17.2 Å². The summed E-state index contributed by atoms with van der Waals surface area (Å²) < 4.78 is 10.3. The summed E-state index contributed by atoms with van der Waals surface area (Å²) >= 11 is 1.36. The number of oxazole rings is 1. The van der Waals surface area contributed by atoms with E-state index in [1.165, 1.54) is 11.3 Å². The maximum absolute atomic E-state index is 12.1. The molecule has 0 spiro atoms. The van der Waals surface area contributed by atoms with Gasteiger partial charge in [0, 0.05) is 11.3 Å². The molecule has 0 aliphatic heterocycles. The Morgan fingerprint density at radius 3 is 2.71 bits per heavy atom. The Hall–Kier alpha value is -2.15. The van der Waals surface area contributed by atoms with Crippen molar-refractivity contribution in [2.75, 3.05) is 11.9 Å². The summed E-state index contributed by atoms with van der Waals surface area (Å²) in [5.41, 5.74) is -0.00433. The van der Waals surface area contributed by atoms with Crippen molar-refractivity contribution in [1.29, 1.82) is 0 Å². The van der Waals surface area contributed by atoms with E-state index < -0.39 is 5.97 Å². The van der Waals surface area contributed by atoms with Crippen LogP contribution in [0.25, 0.3) is 0 Å². The molecule has 0 bridgehead atoms. The third kappa shape index (κ3) is 3.49. The molecule has 0 aromatic carbocycles. The predicted molar refractivity (Wildman–Crippen MR) is 78.8 cm³/mol. The molecule has 0 aliphatic carbocycles. The Kier molecular flexibility index (Phi) is 4.74. The first-order valence-electron chi connectivity index (χ1n) is 6.59. The van der Waals surface area contributed by atoms with E-state index in [-0.39, 0.29) is 24.1 Å². The number of carbonyl (C=O) groups is 2. The average molecular weight is 308 g/mol. The summed E-state index contributed by atoms with van der Waals surface area (Å²) in [6.45, 7) is 5.68. The second-order valence-electron chi connectivity index (χ2n) is 4.22. The van der Waals surface area contributed by atoms with Crippen LogP contribution in [0.1, 0.15) is 44.8 Å². The number of aromatic nitrogens is 1. The third-order valence-electron chi connectivity index (χ3n) is 2.63. The van der Waals surface area contributed by atoms with Crippen LogP contribution in [0.15, 0.2) is 16.5 Å². The molecule has 2 aromatic heterocycles. The number of hydrogen-bond donors (Lipinski definition) is 1. The van der Waals surface area contributed by atoms with Crippen molar-refractivity contribution in [2.45, 2.75) is 27.2 Å². The monoisotopic (exact) mass is 308 g/mol. The molecule has 112 valence electrons. The van der Waals surface area contributed by atoms with E-state index in [1.807, 2.05) is 19.9 Å². The van der Waals surface area contributed by atoms with Gasteiger partial charge in [0.1, 0.15) is 0 Å². The summed E-state index contributed by atoms with van der Waals surface area (Å²) in [7, 11) is 0. The molecule has 2 aromatic rings. The van der Waals surface area contributed by atoms with Crippen molar-refractivity contribution in [3.05, 3.63) is 33.5 Å². The third-order valence-corrected chi connectivity index (χ3v) is 3.63. The zero-order valence-corrected chi connectivity index (χ0v) is 12.9. The van der Waals surface area contributed by atoms with Gasteiger partial charge in [-0.05, 0) is 26.0 Å². The van der Waals surface area contributed by atoms with Crippen LogP contribution in [0, 0.1) is 6.92 Å². The van der Waals surface area contributed by atoms with Gasteiger partial charge in [0.15, 0.2) is 5.89 Å². The predicted octanol–water partition coefficient (Wildman–Crippen LogP) is 3.04. The maximum Gasteiger partial charge on any atom is 0.362 e. The van der Waals surface area contributed by atoms with Crippen molar-refractivity contribution in [1.82, 2.24) is 4.98 Å². The number of nitrogens with zero attached hydrogens (tertiary/aromatic N) is 1. The lowest BCUT2D eigenvalue weighted by molar-refractivity contribution is 0.0521. The minimum Gasteiger partial charge on any atom is -0.461 e. The molecule has 0 saturated carbocycles. The molecule has 1 amide bonds. The topological polar surface area (TPSA) is 81.4 Å². The van der Waals surface area contributed by atoms with Crippen LogP contribution in [0.4, 0.5) is 5.88 Å². The van der Waals surface area contributed by atoms with E-state index >= 15 is 0 Å². The van der Waals surface area contributed by atoms with Crippen LogP contribution in [0.3, 0.4) is 0 Å². The molecule has 2 heterocycles. The average Bonchev–Trinajstić information content (AvgIpc) is 3.05. The number of esters is 1. The summed E-state index contributed by atoms with van der Waals surface area (Å²) in [4.78, 5) is 29.6. The number of carbonyl (C=O) groups excluding carboxylic acids is 2. The number of nitrogens with one attached hydrogen (secondary N) is 1. The molecule has 6 nitrogen and oxygen atoms in total. The van der Waals surface area contributed by atoms with Gasteiger partial charge in [0.25, 0.3) is 5.91 Å². The standard InChI is InChI=1S/C14H16N2O4S/c1-4-10-15-11(14(18)19-5-2)13(20-10)16-12(17)9-7-6-8(3)21-9/h6-7H,4-5H2,1-3H3,(H,16,17). The molecule has 21 heavy (non-hydrogen) atoms. The molecule has 2 rings (SSSR count). The van der Waals surface area contributed by atoms with Crippen molar-refractivity contribution in [2.24, 2.45) is 0 Å². The number of amides is 1. The summed E-state index contributed by atoms with van der Waals surface area (Å²) in [6, 6.07) is 3.57. The second-order valence-corrected chi connectivity index (χ2v) is 5.51. The highest BCUT2D eigenvalue weighted by atomic mass is 32.1. The van der Waals surface area contributed by atoms with Gasteiger partial charge < -0.3 is 9.15 Å². The molecule has 0 radical (unpaired) electrons. The van der Waals surface area contributed by atoms with Gasteiger partial charge in [-0.15, -0.1) is 11.3 Å². The first-order valence-corrected chi connectivity index (χ1v) is 7.41. The highest BCUT2D eigenvalue weighted by molar-refractivity contribution is 7.14. The van der Waals surface area contributed by atoms with E-state index in [1.54, 1.807) is 13.0 Å². The Balaban J connectivity index is 2.24. The van der Waals surface area contributed by atoms with Crippen LogP contribution >= 0.6 is 11.3 Å². The Morgan fingerprint density at radius 1 is 1.38 bits per heavy atom. The van der Waals surface area contributed by atoms with Crippen LogP contribution in [0.2, 0.25) is 0 Å². The molecule has 0 saturated heterocycles. The molecule has 0 fully saturated rings. The molecule has 1 N–H and O–H groups in total. The van der Waals surface area contributed by atoms with E-state index in [0.717, 1.165) is 4.88 Å². The number of ether oxygens (including phenoxy) is 1. The van der Waals surface area contributed by atoms with Crippen molar-refractivity contribution in [3.63, 3.8) is 0 Å². The SMILES string of the molecule is CCOC(=O)c1nc(CC)oc1NC(=O)c1ccc(C)s1. The maximum atomic E-state index is 12.1. The number of rotatable bonds is 5. The number of thiophene rings is 1. The van der Waals surface area contributed by atoms with E-state index in [2.05, 4.69) is 10.3 Å². The van der Waals surface area contributed by atoms with Gasteiger partial charge in [0.2, 0.25) is 11.6 Å². The summed E-state index contributed by atoms with van der Waals surface area (Å²) in [5.74, 6) is -0.548. The molecule has 0 atom stereocenters. The lowest BCUT2D eigenvalue weighted by atomic mass is 10.4. The van der Waals surface area contributed by atoms with Crippen LogP contribution in [-0.2, 0) is 11.2 Å². The van der Waals surface area contributed by atoms with Crippen LogP contribution in [0.5, 0.6) is 0 Å². The quantitative estimate of drug-likeness (QED) is 0.859. The fourth-order valence-corrected chi connectivity index (χ4v) is 2.42. The Morgan fingerprint density at radius 2 is 2.14 bits per heavy atom. The molecular formula is C14H16N2O4S. The van der Waals surface area contributed by atoms with Gasteiger partial charge in [-0.2, -0.15) is 0 Å². The largest absolute Gasteiger partial charge is 0.461 e. The Bertz CT molecular complexity index is 660. The first-order chi connectivity index (χ1) is 10.0. The zero-order valence-electron chi connectivity index (χ0n) is 12.1. The lowest BCUT2D eigenvalue weighted by Crippen LogP contribution is -2.14. The second kappa shape index (κ2) is 6.53. The fourth-order valence-electron chi connectivity index (χ4n) is 1.66. The minimum atomic E-state index is -0.612. The highest BCUT2D eigenvalue weighted by Crippen LogP contribution is 2.22. The number of hydrogen-bond acceptors (Lipinski definition) is 6. The van der Waals surface area contributed by atoms with Crippen molar-refractivity contribution < 1.29 is 18.7 Å². The highest BCUT2D eigenvalue weighted by Gasteiger charge is 2.23. The normalized spacial score (nSPS) is 10.4. The number of aryl methyl sites for hydroxylation is 2. The minimum absolute atomic E-state index is 0.00433. The van der Waals surface area contributed by atoms with Gasteiger partial charge in [-0.1, -0.05) is 6.92 Å². The summed E-state index contributed by atoms with van der Waals surface area (Å²) in [5, 5.41) is 2.58.